The predicted molar refractivity (Wildman–Crippen MR) is 133 cm³/mol. The maximum absolute atomic E-state index is 12.6. The molecule has 10 heteroatoms. The van der Waals surface area contributed by atoms with Crippen LogP contribution in [-0.2, 0) is 11.3 Å². The average Bonchev–Trinajstić information content (AvgIpc) is 3.18. The summed E-state index contributed by atoms with van der Waals surface area (Å²) in [5, 5.41) is 15.9. The van der Waals surface area contributed by atoms with Crippen molar-refractivity contribution in [2.24, 2.45) is 0 Å². The fourth-order valence-corrected chi connectivity index (χ4v) is 4.07. The van der Waals surface area contributed by atoms with Crippen molar-refractivity contribution in [3.05, 3.63) is 82.1 Å². The van der Waals surface area contributed by atoms with Crippen LogP contribution >= 0.6 is 35.0 Å². The summed E-state index contributed by atoms with van der Waals surface area (Å²) >= 11 is 13.2. The number of hydrogen-bond acceptors (Lipinski definition) is 5. The predicted octanol–water partition coefficient (Wildman–Crippen LogP) is 5.30. The Kier molecular flexibility index (Phi) is 8.55. The van der Waals surface area contributed by atoms with Crippen LogP contribution in [0.3, 0.4) is 0 Å². The molecule has 0 bridgehead atoms. The Morgan fingerprint density at radius 1 is 1.15 bits per heavy atom. The zero-order valence-electron chi connectivity index (χ0n) is 18.1. The van der Waals surface area contributed by atoms with Crippen LogP contribution in [-0.4, -0.2) is 32.3 Å². The molecule has 0 fully saturated rings. The zero-order chi connectivity index (χ0) is 24.0. The maximum Gasteiger partial charge on any atom is 0.251 e. The number of rotatable bonds is 9. The summed E-state index contributed by atoms with van der Waals surface area (Å²) < 4.78 is 1.82. The fourth-order valence-electron chi connectivity index (χ4n) is 3.02. The Labute approximate surface area is 206 Å². The second kappa shape index (κ2) is 11.4. The average molecular weight is 504 g/mol. The second-order valence-electron chi connectivity index (χ2n) is 7.24. The molecule has 1 aromatic heterocycles. The van der Waals surface area contributed by atoms with E-state index in [0.29, 0.717) is 38.8 Å². The van der Waals surface area contributed by atoms with E-state index in [2.05, 4.69) is 27.4 Å². The number of hydrogen-bond donors (Lipinski definition) is 2. The molecule has 172 valence electrons. The van der Waals surface area contributed by atoms with Gasteiger partial charge in [-0.15, -0.1) is 16.8 Å². The highest BCUT2D eigenvalue weighted by molar-refractivity contribution is 7.99. The molecule has 0 saturated carbocycles. The van der Waals surface area contributed by atoms with Crippen molar-refractivity contribution < 1.29 is 9.59 Å². The Bertz CT molecular complexity index is 1160. The topological polar surface area (TPSA) is 88.9 Å². The van der Waals surface area contributed by atoms with Gasteiger partial charge in [-0.05, 0) is 55.8 Å². The quantitative estimate of drug-likeness (QED) is 0.305. The number of halogens is 2. The third-order valence-corrected chi connectivity index (χ3v) is 6.16. The lowest BCUT2D eigenvalue weighted by Gasteiger charge is -2.15. The Balaban J connectivity index is 1.67. The SMILES string of the molecule is C=CCn1c(SCC(=O)Nc2cc(Cl)ccc2C)nnc1[C@@H](C)NC(=O)c1ccc(Cl)cc1. The number of benzene rings is 2. The minimum atomic E-state index is -0.419. The molecule has 0 spiro atoms. The van der Waals surface area contributed by atoms with E-state index in [1.165, 1.54) is 11.8 Å². The molecule has 0 aliphatic heterocycles. The molecule has 3 aromatic rings. The van der Waals surface area contributed by atoms with Gasteiger partial charge in [0, 0.05) is 27.8 Å². The van der Waals surface area contributed by atoms with Crippen molar-refractivity contribution in [3.8, 4) is 0 Å². The molecule has 0 radical (unpaired) electrons. The van der Waals surface area contributed by atoms with Gasteiger partial charge in [0.05, 0.1) is 11.8 Å². The number of carbonyl (C=O) groups excluding carboxylic acids is 2. The van der Waals surface area contributed by atoms with E-state index in [1.54, 1.807) is 42.5 Å². The first kappa shape index (κ1) is 24.8. The molecule has 1 atom stereocenters. The third kappa shape index (κ3) is 6.60. The lowest BCUT2D eigenvalue weighted by Crippen LogP contribution is -2.28. The monoisotopic (exact) mass is 503 g/mol. The normalized spacial score (nSPS) is 11.6. The number of amides is 2. The maximum atomic E-state index is 12.6. The first-order valence-corrected chi connectivity index (χ1v) is 11.8. The van der Waals surface area contributed by atoms with Crippen LogP contribution in [0.1, 0.15) is 34.7 Å². The van der Waals surface area contributed by atoms with Gasteiger partial charge in [-0.2, -0.15) is 0 Å². The van der Waals surface area contributed by atoms with Crippen molar-refractivity contribution in [2.75, 3.05) is 11.1 Å². The number of nitrogens with one attached hydrogen (secondary N) is 2. The van der Waals surface area contributed by atoms with Crippen LogP contribution in [0.4, 0.5) is 5.69 Å². The van der Waals surface area contributed by atoms with E-state index in [4.69, 9.17) is 23.2 Å². The van der Waals surface area contributed by atoms with Gasteiger partial charge in [0.1, 0.15) is 0 Å². The molecule has 33 heavy (non-hydrogen) atoms. The van der Waals surface area contributed by atoms with Crippen LogP contribution in [0.25, 0.3) is 0 Å². The summed E-state index contributed by atoms with van der Waals surface area (Å²) in [6.07, 6.45) is 1.71. The molecular formula is C23H23Cl2N5O2S. The molecule has 0 saturated heterocycles. The number of aryl methyl sites for hydroxylation is 1. The van der Waals surface area contributed by atoms with E-state index in [0.717, 1.165) is 5.56 Å². The van der Waals surface area contributed by atoms with Crippen LogP contribution in [0, 0.1) is 6.92 Å². The van der Waals surface area contributed by atoms with Crippen LogP contribution in [0.15, 0.2) is 60.3 Å². The van der Waals surface area contributed by atoms with E-state index in [9.17, 15) is 9.59 Å². The third-order valence-electron chi connectivity index (χ3n) is 4.70. The number of nitrogens with zero attached hydrogens (tertiary/aromatic N) is 3. The highest BCUT2D eigenvalue weighted by Gasteiger charge is 2.20. The van der Waals surface area contributed by atoms with Crippen molar-refractivity contribution in [1.29, 1.82) is 0 Å². The fraction of sp³-hybridized carbons (Fsp3) is 0.217. The van der Waals surface area contributed by atoms with E-state index < -0.39 is 6.04 Å². The smallest absolute Gasteiger partial charge is 0.251 e. The Morgan fingerprint density at radius 2 is 1.85 bits per heavy atom. The first-order chi connectivity index (χ1) is 15.8. The van der Waals surface area contributed by atoms with Crippen LogP contribution in [0.2, 0.25) is 10.0 Å². The number of carbonyl (C=O) groups is 2. The van der Waals surface area contributed by atoms with Gasteiger partial charge in [0.15, 0.2) is 11.0 Å². The Hall–Kier alpha value is -2.81. The number of anilines is 1. The van der Waals surface area contributed by atoms with Crippen molar-refractivity contribution >= 4 is 52.5 Å². The van der Waals surface area contributed by atoms with E-state index >= 15 is 0 Å². The molecule has 1 heterocycles. The molecular weight excluding hydrogens is 481 g/mol. The van der Waals surface area contributed by atoms with Crippen molar-refractivity contribution in [1.82, 2.24) is 20.1 Å². The molecule has 7 nitrogen and oxygen atoms in total. The second-order valence-corrected chi connectivity index (χ2v) is 9.05. The van der Waals surface area contributed by atoms with Crippen LogP contribution < -0.4 is 10.6 Å². The summed E-state index contributed by atoms with van der Waals surface area (Å²) in [4.78, 5) is 25.0. The molecule has 2 amide bonds. The van der Waals surface area contributed by atoms with E-state index in [1.807, 2.05) is 24.5 Å². The highest BCUT2D eigenvalue weighted by Crippen LogP contribution is 2.23. The minimum Gasteiger partial charge on any atom is -0.342 e. The molecule has 0 aliphatic rings. The molecule has 0 unspecified atom stereocenters. The largest absolute Gasteiger partial charge is 0.342 e. The molecule has 3 rings (SSSR count). The van der Waals surface area contributed by atoms with Gasteiger partial charge < -0.3 is 15.2 Å². The summed E-state index contributed by atoms with van der Waals surface area (Å²) in [6.45, 7) is 7.93. The lowest BCUT2D eigenvalue weighted by molar-refractivity contribution is -0.113. The van der Waals surface area contributed by atoms with Gasteiger partial charge >= 0.3 is 0 Å². The summed E-state index contributed by atoms with van der Waals surface area (Å²) in [5.74, 6) is 0.250. The minimum absolute atomic E-state index is 0.132. The zero-order valence-corrected chi connectivity index (χ0v) is 20.5. The summed E-state index contributed by atoms with van der Waals surface area (Å²) in [6, 6.07) is 11.5. The van der Waals surface area contributed by atoms with Crippen molar-refractivity contribution in [2.45, 2.75) is 31.6 Å². The van der Waals surface area contributed by atoms with Gasteiger partial charge in [0.25, 0.3) is 5.91 Å². The summed E-state index contributed by atoms with van der Waals surface area (Å²) in [5.41, 5.74) is 2.07. The van der Waals surface area contributed by atoms with Crippen LogP contribution in [0.5, 0.6) is 0 Å². The number of allylic oxidation sites excluding steroid dienone is 1. The summed E-state index contributed by atoms with van der Waals surface area (Å²) in [7, 11) is 0. The Morgan fingerprint density at radius 3 is 2.55 bits per heavy atom. The number of aromatic nitrogens is 3. The molecule has 2 N–H and O–H groups in total. The van der Waals surface area contributed by atoms with Gasteiger partial charge in [-0.25, -0.2) is 0 Å². The van der Waals surface area contributed by atoms with Crippen molar-refractivity contribution in [3.63, 3.8) is 0 Å². The highest BCUT2D eigenvalue weighted by atomic mass is 35.5. The molecule has 2 aromatic carbocycles. The van der Waals surface area contributed by atoms with Gasteiger partial charge in [-0.1, -0.05) is 47.1 Å². The van der Waals surface area contributed by atoms with E-state index in [-0.39, 0.29) is 17.6 Å². The number of thioether (sulfide) groups is 1. The first-order valence-electron chi connectivity index (χ1n) is 10.1. The standard InChI is InChI=1S/C23H23Cl2N5O2S/c1-4-11-30-21(15(3)26-22(32)16-6-9-17(24)10-7-16)28-29-23(30)33-13-20(31)27-19-12-18(25)8-5-14(19)2/h4-10,12,15H,1,11,13H2,2-3H3,(H,26,32)(H,27,31)/t15-/m1/s1. The van der Waals surface area contributed by atoms with Gasteiger partial charge in [-0.3, -0.25) is 9.59 Å². The molecule has 0 aliphatic carbocycles. The van der Waals surface area contributed by atoms with Gasteiger partial charge in [0.2, 0.25) is 5.91 Å². The lowest BCUT2D eigenvalue weighted by atomic mass is 10.2.